The Bertz CT molecular complexity index is 2770. The first kappa shape index (κ1) is 29.4. The van der Waals surface area contributed by atoms with Crippen LogP contribution >= 0.6 is 11.3 Å². The summed E-state index contributed by atoms with van der Waals surface area (Å²) in [5.41, 5.74) is 18.2. The molecule has 2 aromatic heterocycles. The molecule has 0 saturated heterocycles. The molecule has 2 aliphatic carbocycles. The fraction of sp³-hybridized carbons (Fsp3) is 0.0200. The van der Waals surface area contributed by atoms with Gasteiger partial charge in [0.1, 0.15) is 0 Å². The number of nitrogens with zero attached hydrogens (tertiary/aromatic N) is 1. The minimum absolute atomic E-state index is 0.392. The van der Waals surface area contributed by atoms with Gasteiger partial charge in [-0.15, -0.1) is 11.3 Å². The molecule has 2 heterocycles. The maximum absolute atomic E-state index is 5.12. The van der Waals surface area contributed by atoms with E-state index in [-0.39, 0.29) is 0 Å². The average Bonchev–Trinajstić information content (AvgIpc) is 3.85. The molecule has 0 amide bonds. The molecule has 9 aromatic rings. The van der Waals surface area contributed by atoms with Gasteiger partial charge in [-0.05, 0) is 73.8 Å². The quantitative estimate of drug-likeness (QED) is 0.181. The van der Waals surface area contributed by atoms with Crippen molar-refractivity contribution in [2.75, 3.05) is 0 Å². The first-order valence-electron chi connectivity index (χ1n) is 17.9. The lowest BCUT2D eigenvalue weighted by molar-refractivity contribution is 0.814. The molecule has 1 unspecified atom stereocenters. The highest BCUT2D eigenvalue weighted by Crippen LogP contribution is 2.67. The molecular weight excluding hydrogens is 647 g/mol. The topological polar surface area (TPSA) is 12.9 Å². The summed E-state index contributed by atoms with van der Waals surface area (Å²) in [5, 5.41) is 1.35. The maximum Gasteiger partial charge on any atom is 0.0825 e. The summed E-state index contributed by atoms with van der Waals surface area (Å²) >= 11 is 1.96. The van der Waals surface area contributed by atoms with Crippen LogP contribution in [0.1, 0.15) is 21.6 Å². The van der Waals surface area contributed by atoms with Gasteiger partial charge >= 0.3 is 0 Å². The van der Waals surface area contributed by atoms with Crippen LogP contribution in [0, 0.1) is 0 Å². The van der Waals surface area contributed by atoms with E-state index in [9.17, 15) is 0 Å². The number of rotatable bonds is 4. The Morgan fingerprint density at radius 2 is 0.923 bits per heavy atom. The highest BCUT2D eigenvalue weighted by Gasteiger charge is 2.54. The summed E-state index contributed by atoms with van der Waals surface area (Å²) in [6.07, 6.45) is 0. The summed E-state index contributed by atoms with van der Waals surface area (Å²) in [5.74, 6) is 0. The molecule has 0 N–H and O–H groups in total. The van der Waals surface area contributed by atoms with Crippen LogP contribution in [0.25, 0.3) is 77.1 Å². The summed E-state index contributed by atoms with van der Waals surface area (Å²) in [6, 6.07) is 68.7. The minimum atomic E-state index is -0.392. The van der Waals surface area contributed by atoms with E-state index in [1.54, 1.807) is 0 Å². The van der Waals surface area contributed by atoms with Gasteiger partial charge in [-0.25, -0.2) is 4.98 Å². The molecule has 0 radical (unpaired) electrons. The van der Waals surface area contributed by atoms with Gasteiger partial charge in [0.05, 0.1) is 16.8 Å². The Labute approximate surface area is 307 Å². The molecule has 0 fully saturated rings. The fourth-order valence-corrected chi connectivity index (χ4v) is 10.3. The number of hydrogen-bond acceptors (Lipinski definition) is 2. The lowest BCUT2D eigenvalue weighted by Crippen LogP contribution is -2.25. The Morgan fingerprint density at radius 1 is 0.385 bits per heavy atom. The van der Waals surface area contributed by atoms with Crippen LogP contribution < -0.4 is 0 Å². The monoisotopic (exact) mass is 677 g/mol. The standard InChI is InChI=1S/C50H31NS/c1-3-14-34(15-4-1)44-30-36(31-45(51-44)35-16-5-2-6-17-35)32-26-28-33(29-27-32)37-21-13-22-39-38-18-7-10-23-42(38)50(48(37)39)43-24-11-8-19-40(43)47-41-20-9-12-25-46(41)52-49(47)50/h1-31H. The van der Waals surface area contributed by atoms with E-state index in [4.69, 9.17) is 4.98 Å². The van der Waals surface area contributed by atoms with Crippen molar-refractivity contribution in [3.8, 4) is 67.0 Å². The molecule has 11 rings (SSSR count). The smallest absolute Gasteiger partial charge is 0.0825 e. The van der Waals surface area contributed by atoms with Gasteiger partial charge in [0, 0.05) is 31.7 Å². The molecule has 7 aromatic carbocycles. The van der Waals surface area contributed by atoms with Crippen molar-refractivity contribution >= 4 is 21.4 Å². The van der Waals surface area contributed by atoms with Crippen LogP contribution in [0.15, 0.2) is 188 Å². The number of hydrogen-bond donors (Lipinski definition) is 0. The third-order valence-corrected chi connectivity index (χ3v) is 12.4. The van der Waals surface area contributed by atoms with E-state index in [0.29, 0.717) is 0 Å². The fourth-order valence-electron chi connectivity index (χ4n) is 8.90. The van der Waals surface area contributed by atoms with Crippen molar-refractivity contribution in [2.24, 2.45) is 0 Å². The zero-order valence-electron chi connectivity index (χ0n) is 28.3. The van der Waals surface area contributed by atoms with Crippen molar-refractivity contribution in [2.45, 2.75) is 5.41 Å². The van der Waals surface area contributed by atoms with E-state index >= 15 is 0 Å². The summed E-state index contributed by atoms with van der Waals surface area (Å²) in [6.45, 7) is 0. The second-order valence-electron chi connectivity index (χ2n) is 13.8. The van der Waals surface area contributed by atoms with Crippen LogP contribution in [0.2, 0.25) is 0 Å². The SMILES string of the molecule is c1ccc(-c2cc(-c3ccc(-c4cccc5c4C4(c6ccccc6-5)c5ccccc5-c5c4sc4ccccc54)cc3)cc(-c3ccccc3)n2)cc1. The number of benzene rings is 7. The minimum Gasteiger partial charge on any atom is -0.248 e. The normalized spacial score (nSPS) is 15.0. The number of pyridine rings is 1. The van der Waals surface area contributed by atoms with Crippen LogP contribution in [0.3, 0.4) is 0 Å². The van der Waals surface area contributed by atoms with Crippen molar-refractivity contribution in [3.63, 3.8) is 0 Å². The van der Waals surface area contributed by atoms with Gasteiger partial charge in [0.15, 0.2) is 0 Å². The molecular formula is C50H31NS. The zero-order valence-corrected chi connectivity index (χ0v) is 29.1. The lowest BCUT2D eigenvalue weighted by Gasteiger charge is -2.31. The van der Waals surface area contributed by atoms with Gasteiger partial charge in [0.25, 0.3) is 0 Å². The van der Waals surface area contributed by atoms with Crippen LogP contribution in [0.4, 0.5) is 0 Å². The van der Waals surface area contributed by atoms with Crippen molar-refractivity contribution in [1.82, 2.24) is 4.98 Å². The largest absolute Gasteiger partial charge is 0.248 e. The van der Waals surface area contributed by atoms with Crippen molar-refractivity contribution < 1.29 is 0 Å². The van der Waals surface area contributed by atoms with Gasteiger partial charge in [-0.1, -0.05) is 170 Å². The number of aromatic nitrogens is 1. The predicted molar refractivity (Wildman–Crippen MR) is 218 cm³/mol. The van der Waals surface area contributed by atoms with Crippen molar-refractivity contribution in [3.05, 3.63) is 210 Å². The Balaban J connectivity index is 1.11. The maximum atomic E-state index is 5.12. The number of fused-ring (bicyclic) bond motifs is 12. The van der Waals surface area contributed by atoms with E-state index < -0.39 is 5.41 Å². The molecule has 0 aliphatic heterocycles. The van der Waals surface area contributed by atoms with Gasteiger partial charge < -0.3 is 0 Å². The number of thiophene rings is 1. The van der Waals surface area contributed by atoms with Crippen LogP contribution in [-0.2, 0) is 5.41 Å². The highest BCUT2D eigenvalue weighted by atomic mass is 32.1. The molecule has 242 valence electrons. The molecule has 1 nitrogen and oxygen atoms in total. The average molecular weight is 678 g/mol. The molecule has 2 heteroatoms. The lowest BCUT2D eigenvalue weighted by atomic mass is 9.71. The molecule has 1 atom stereocenters. The predicted octanol–water partition coefficient (Wildman–Crippen LogP) is 13.3. The Hall–Kier alpha value is -6.35. The van der Waals surface area contributed by atoms with Gasteiger partial charge in [-0.2, -0.15) is 0 Å². The first-order chi connectivity index (χ1) is 25.8. The second-order valence-corrected chi connectivity index (χ2v) is 14.9. The van der Waals surface area contributed by atoms with Crippen molar-refractivity contribution in [1.29, 1.82) is 0 Å². The molecule has 0 bridgehead atoms. The van der Waals surface area contributed by atoms with Gasteiger partial charge in [0.2, 0.25) is 0 Å². The summed E-state index contributed by atoms with van der Waals surface area (Å²) < 4.78 is 1.34. The third-order valence-electron chi connectivity index (χ3n) is 11.1. The summed E-state index contributed by atoms with van der Waals surface area (Å²) in [7, 11) is 0. The van der Waals surface area contributed by atoms with E-state index in [2.05, 4.69) is 188 Å². The molecule has 2 aliphatic rings. The first-order valence-corrected chi connectivity index (χ1v) is 18.7. The third kappa shape index (κ3) is 4.13. The highest BCUT2D eigenvalue weighted by molar-refractivity contribution is 7.20. The molecule has 1 spiro atoms. The Kier molecular flexibility index (Phi) is 6.40. The molecule has 0 saturated carbocycles. The van der Waals surface area contributed by atoms with E-state index in [1.165, 1.54) is 70.6 Å². The van der Waals surface area contributed by atoms with Gasteiger partial charge in [-0.3, -0.25) is 0 Å². The van der Waals surface area contributed by atoms with E-state index in [1.807, 2.05) is 11.3 Å². The zero-order chi connectivity index (χ0) is 34.2. The summed E-state index contributed by atoms with van der Waals surface area (Å²) in [4.78, 5) is 6.55. The molecule has 52 heavy (non-hydrogen) atoms. The van der Waals surface area contributed by atoms with Crippen LogP contribution in [0.5, 0.6) is 0 Å². The van der Waals surface area contributed by atoms with E-state index in [0.717, 1.165) is 28.1 Å². The Morgan fingerprint density at radius 3 is 1.63 bits per heavy atom. The second kappa shape index (κ2) is 11.3. The van der Waals surface area contributed by atoms with Crippen LogP contribution in [-0.4, -0.2) is 4.98 Å².